The molecule has 0 amide bonds. The maximum absolute atomic E-state index is 12.6. The lowest BCUT2D eigenvalue weighted by atomic mass is 10.1. The molecule has 2 nitrogen and oxygen atoms in total. The zero-order valence-corrected chi connectivity index (χ0v) is 11.7. The van der Waals surface area contributed by atoms with Crippen molar-refractivity contribution < 1.29 is 17.9 Å². The Morgan fingerprint density at radius 2 is 2.06 bits per heavy atom. The van der Waals surface area contributed by atoms with Crippen LogP contribution in [0.3, 0.4) is 0 Å². The first-order chi connectivity index (χ1) is 8.34. The number of ether oxygens (including phenoxy) is 1. The van der Waals surface area contributed by atoms with Crippen molar-refractivity contribution in [3.05, 3.63) is 28.2 Å². The van der Waals surface area contributed by atoms with Gasteiger partial charge in [0, 0.05) is 29.9 Å². The number of nitrogens with one attached hydrogen (secondary N) is 1. The Bertz CT molecular complexity index is 395. The second kappa shape index (κ2) is 6.43. The number of rotatable bonds is 5. The van der Waals surface area contributed by atoms with Crippen molar-refractivity contribution in [3.63, 3.8) is 0 Å². The summed E-state index contributed by atoms with van der Waals surface area (Å²) in [6, 6.07) is 3.58. The molecule has 1 N–H and O–H groups in total. The zero-order valence-electron chi connectivity index (χ0n) is 10.1. The minimum absolute atomic E-state index is 0.0322. The van der Waals surface area contributed by atoms with Crippen molar-refractivity contribution in [2.24, 2.45) is 0 Å². The first kappa shape index (κ1) is 15.3. The van der Waals surface area contributed by atoms with Crippen molar-refractivity contribution in [2.45, 2.75) is 25.6 Å². The first-order valence-electron chi connectivity index (χ1n) is 5.47. The van der Waals surface area contributed by atoms with Crippen LogP contribution in [-0.4, -0.2) is 19.8 Å². The average Bonchev–Trinajstić information content (AvgIpc) is 2.28. The number of alkyl halides is 3. The van der Waals surface area contributed by atoms with Gasteiger partial charge in [-0.05, 0) is 47.5 Å². The van der Waals surface area contributed by atoms with Gasteiger partial charge in [-0.25, -0.2) is 0 Å². The number of halogens is 4. The number of benzene rings is 1. The zero-order chi connectivity index (χ0) is 13.8. The second-order valence-corrected chi connectivity index (χ2v) is 4.87. The quantitative estimate of drug-likeness (QED) is 0.871. The fraction of sp³-hybridized carbons (Fsp3) is 0.500. The molecule has 0 heterocycles. The van der Waals surface area contributed by atoms with Gasteiger partial charge in [-0.3, -0.25) is 0 Å². The van der Waals surface area contributed by atoms with Gasteiger partial charge in [-0.15, -0.1) is 0 Å². The van der Waals surface area contributed by atoms with Crippen LogP contribution in [0.1, 0.15) is 18.9 Å². The third-order valence-electron chi connectivity index (χ3n) is 2.45. The largest absolute Gasteiger partial charge is 0.416 e. The van der Waals surface area contributed by atoms with E-state index >= 15 is 0 Å². The van der Waals surface area contributed by atoms with E-state index < -0.39 is 11.7 Å². The topological polar surface area (TPSA) is 21.3 Å². The molecule has 0 radical (unpaired) electrons. The van der Waals surface area contributed by atoms with Crippen molar-refractivity contribution in [1.29, 1.82) is 0 Å². The average molecular weight is 326 g/mol. The van der Waals surface area contributed by atoms with Crippen LogP contribution in [0.2, 0.25) is 0 Å². The van der Waals surface area contributed by atoms with E-state index in [1.165, 1.54) is 6.07 Å². The minimum atomic E-state index is -4.33. The van der Waals surface area contributed by atoms with Crippen LogP contribution in [0.25, 0.3) is 0 Å². The van der Waals surface area contributed by atoms with E-state index in [0.717, 1.165) is 18.6 Å². The molecule has 0 aliphatic carbocycles. The monoisotopic (exact) mass is 325 g/mol. The van der Waals surface area contributed by atoms with Gasteiger partial charge >= 0.3 is 6.18 Å². The third kappa shape index (κ3) is 4.49. The van der Waals surface area contributed by atoms with Gasteiger partial charge in [-0.2, -0.15) is 13.2 Å². The predicted octanol–water partition coefficient (Wildman–Crippen LogP) is 4.30. The smallest absolute Gasteiger partial charge is 0.385 e. The lowest BCUT2D eigenvalue weighted by Gasteiger charge is -2.17. The van der Waals surface area contributed by atoms with Crippen LogP contribution in [0, 0.1) is 0 Å². The Morgan fingerprint density at radius 3 is 2.61 bits per heavy atom. The highest BCUT2D eigenvalue weighted by Gasteiger charge is 2.30. The molecule has 0 aromatic heterocycles. The molecule has 0 fully saturated rings. The van der Waals surface area contributed by atoms with E-state index in [-0.39, 0.29) is 6.04 Å². The van der Waals surface area contributed by atoms with E-state index in [4.69, 9.17) is 4.74 Å². The van der Waals surface area contributed by atoms with Gasteiger partial charge in [-0.1, -0.05) is 0 Å². The summed E-state index contributed by atoms with van der Waals surface area (Å²) < 4.78 is 43.3. The van der Waals surface area contributed by atoms with Crippen LogP contribution >= 0.6 is 15.9 Å². The maximum atomic E-state index is 12.6. The predicted molar refractivity (Wildman–Crippen MR) is 68.7 cm³/mol. The van der Waals surface area contributed by atoms with Crippen molar-refractivity contribution in [2.75, 3.05) is 19.0 Å². The third-order valence-corrected chi connectivity index (χ3v) is 3.14. The van der Waals surface area contributed by atoms with Gasteiger partial charge in [0.2, 0.25) is 0 Å². The molecule has 6 heteroatoms. The Kier molecular flexibility index (Phi) is 5.47. The van der Waals surface area contributed by atoms with Crippen LogP contribution < -0.4 is 5.32 Å². The minimum Gasteiger partial charge on any atom is -0.385 e. The van der Waals surface area contributed by atoms with Gasteiger partial charge in [0.25, 0.3) is 0 Å². The van der Waals surface area contributed by atoms with Crippen LogP contribution in [-0.2, 0) is 10.9 Å². The van der Waals surface area contributed by atoms with E-state index in [1.54, 1.807) is 7.11 Å². The Hall–Kier alpha value is -0.750. The molecule has 0 aliphatic rings. The lowest BCUT2D eigenvalue weighted by molar-refractivity contribution is -0.137. The summed E-state index contributed by atoms with van der Waals surface area (Å²) in [5.41, 5.74) is -0.222. The number of anilines is 1. The Balaban J connectivity index is 2.81. The van der Waals surface area contributed by atoms with E-state index in [9.17, 15) is 13.2 Å². The molecular formula is C12H15BrF3NO. The summed E-state index contributed by atoms with van der Waals surface area (Å²) in [4.78, 5) is 0. The normalized spacial score (nSPS) is 13.4. The van der Waals surface area contributed by atoms with Crippen molar-refractivity contribution >= 4 is 21.6 Å². The highest BCUT2D eigenvalue weighted by molar-refractivity contribution is 9.10. The molecule has 0 aliphatic heterocycles. The molecule has 1 aromatic rings. The van der Waals surface area contributed by atoms with Crippen molar-refractivity contribution in [3.8, 4) is 0 Å². The SMILES string of the molecule is COCCC(C)Nc1cc(C(F)(F)F)ccc1Br. The van der Waals surface area contributed by atoms with E-state index in [0.29, 0.717) is 16.8 Å². The second-order valence-electron chi connectivity index (χ2n) is 4.02. The highest BCUT2D eigenvalue weighted by atomic mass is 79.9. The van der Waals surface area contributed by atoms with Crippen molar-refractivity contribution in [1.82, 2.24) is 0 Å². The van der Waals surface area contributed by atoms with Gasteiger partial charge in [0.15, 0.2) is 0 Å². The van der Waals surface area contributed by atoms with Crippen LogP contribution in [0.15, 0.2) is 22.7 Å². The molecule has 18 heavy (non-hydrogen) atoms. The Labute approximate surface area is 113 Å². The standard InChI is InChI=1S/C12H15BrF3NO/c1-8(5-6-18-2)17-11-7-9(12(14,15)16)3-4-10(11)13/h3-4,7-8,17H,5-6H2,1-2H3. The lowest BCUT2D eigenvalue weighted by Crippen LogP contribution is -2.18. The maximum Gasteiger partial charge on any atom is 0.416 e. The summed E-state index contributed by atoms with van der Waals surface area (Å²) in [6.45, 7) is 2.45. The summed E-state index contributed by atoms with van der Waals surface area (Å²) >= 11 is 3.23. The summed E-state index contributed by atoms with van der Waals surface area (Å²) in [7, 11) is 1.59. The summed E-state index contributed by atoms with van der Waals surface area (Å²) in [5, 5.41) is 3.03. The molecule has 1 unspecified atom stereocenters. The van der Waals surface area contributed by atoms with Crippen LogP contribution in [0.5, 0.6) is 0 Å². The highest BCUT2D eigenvalue weighted by Crippen LogP contribution is 2.34. The molecule has 102 valence electrons. The molecule has 1 aromatic carbocycles. The van der Waals surface area contributed by atoms with E-state index in [1.807, 2.05) is 6.92 Å². The van der Waals surface area contributed by atoms with Gasteiger partial charge < -0.3 is 10.1 Å². The first-order valence-corrected chi connectivity index (χ1v) is 6.26. The number of hydrogen-bond acceptors (Lipinski definition) is 2. The Morgan fingerprint density at radius 1 is 1.39 bits per heavy atom. The fourth-order valence-electron chi connectivity index (χ4n) is 1.44. The summed E-state index contributed by atoms with van der Waals surface area (Å²) in [6.07, 6.45) is -3.61. The molecular weight excluding hydrogens is 311 g/mol. The number of hydrogen-bond donors (Lipinski definition) is 1. The van der Waals surface area contributed by atoms with Gasteiger partial charge in [0.05, 0.1) is 5.56 Å². The molecule has 0 spiro atoms. The summed E-state index contributed by atoms with van der Waals surface area (Å²) in [5.74, 6) is 0. The molecule has 0 bridgehead atoms. The molecule has 1 rings (SSSR count). The number of methoxy groups -OCH3 is 1. The molecule has 0 saturated carbocycles. The van der Waals surface area contributed by atoms with E-state index in [2.05, 4.69) is 21.2 Å². The van der Waals surface area contributed by atoms with Crippen LogP contribution in [0.4, 0.5) is 18.9 Å². The molecule has 1 atom stereocenters. The fourth-order valence-corrected chi connectivity index (χ4v) is 1.81. The van der Waals surface area contributed by atoms with Gasteiger partial charge in [0.1, 0.15) is 0 Å². The molecule has 0 saturated heterocycles.